The van der Waals surface area contributed by atoms with Crippen LogP contribution < -0.4 is 5.32 Å². The summed E-state index contributed by atoms with van der Waals surface area (Å²) in [4.78, 5) is 12.4. The van der Waals surface area contributed by atoms with Crippen LogP contribution in [0.2, 0.25) is 0 Å². The van der Waals surface area contributed by atoms with Crippen molar-refractivity contribution in [3.05, 3.63) is 53.9 Å². The highest BCUT2D eigenvalue weighted by Gasteiger charge is 2.21. The van der Waals surface area contributed by atoms with Crippen molar-refractivity contribution < 1.29 is 4.79 Å². The molecule has 0 bridgehead atoms. The number of nitrogens with one attached hydrogen (secondary N) is 1. The van der Waals surface area contributed by atoms with Crippen molar-refractivity contribution in [2.45, 2.75) is 44.7 Å². The molecule has 0 spiro atoms. The number of nitrogens with zero attached hydrogens (tertiary/aromatic N) is 4. The SMILES string of the molecule is O=C(Cc1cccc2ccccc12)NCc1nnnn1C1CCCC1. The van der Waals surface area contributed by atoms with Crippen LogP contribution in [0.25, 0.3) is 10.8 Å². The van der Waals surface area contributed by atoms with E-state index in [1.807, 2.05) is 28.9 Å². The summed E-state index contributed by atoms with van der Waals surface area (Å²) in [6, 6.07) is 14.6. The van der Waals surface area contributed by atoms with Gasteiger partial charge in [0.2, 0.25) is 5.91 Å². The van der Waals surface area contributed by atoms with Crippen molar-refractivity contribution >= 4 is 16.7 Å². The van der Waals surface area contributed by atoms with Gasteiger partial charge in [0.1, 0.15) is 0 Å². The molecule has 0 atom stereocenters. The van der Waals surface area contributed by atoms with E-state index >= 15 is 0 Å². The summed E-state index contributed by atoms with van der Waals surface area (Å²) in [6.45, 7) is 0.368. The summed E-state index contributed by atoms with van der Waals surface area (Å²) >= 11 is 0. The third-order valence-corrected chi connectivity index (χ3v) is 4.91. The van der Waals surface area contributed by atoms with Gasteiger partial charge >= 0.3 is 0 Å². The normalized spacial score (nSPS) is 14.9. The number of tetrazole rings is 1. The lowest BCUT2D eigenvalue weighted by Gasteiger charge is -2.12. The van der Waals surface area contributed by atoms with Crippen LogP contribution in [0.15, 0.2) is 42.5 Å². The number of fused-ring (bicyclic) bond motifs is 1. The number of carbonyl (C=O) groups excluding carboxylic acids is 1. The zero-order chi connectivity index (χ0) is 17.1. The molecule has 25 heavy (non-hydrogen) atoms. The lowest BCUT2D eigenvalue weighted by molar-refractivity contribution is -0.120. The fourth-order valence-electron chi connectivity index (χ4n) is 3.62. The van der Waals surface area contributed by atoms with E-state index < -0.39 is 0 Å². The Kier molecular flexibility index (Phi) is 4.41. The molecule has 1 aliphatic carbocycles. The first-order valence-corrected chi connectivity index (χ1v) is 8.81. The Morgan fingerprint density at radius 1 is 1.12 bits per heavy atom. The topological polar surface area (TPSA) is 72.7 Å². The van der Waals surface area contributed by atoms with Crippen LogP contribution in [0.1, 0.15) is 43.1 Å². The van der Waals surface area contributed by atoms with Crippen LogP contribution in [0, 0.1) is 0 Å². The van der Waals surface area contributed by atoms with Gasteiger partial charge in [0.05, 0.1) is 19.0 Å². The van der Waals surface area contributed by atoms with Gasteiger partial charge in [-0.25, -0.2) is 4.68 Å². The summed E-state index contributed by atoms with van der Waals surface area (Å²) in [5.41, 5.74) is 1.03. The Morgan fingerprint density at radius 2 is 1.92 bits per heavy atom. The molecular formula is C19H21N5O. The lowest BCUT2D eigenvalue weighted by Crippen LogP contribution is -2.27. The van der Waals surface area contributed by atoms with Gasteiger partial charge in [0.25, 0.3) is 0 Å². The fourth-order valence-corrected chi connectivity index (χ4v) is 3.62. The minimum absolute atomic E-state index is 0.0164. The van der Waals surface area contributed by atoms with Crippen LogP contribution in [0.3, 0.4) is 0 Å². The van der Waals surface area contributed by atoms with E-state index in [4.69, 9.17) is 0 Å². The second-order valence-electron chi connectivity index (χ2n) is 6.57. The summed E-state index contributed by atoms with van der Waals surface area (Å²) in [5.74, 6) is 0.718. The molecule has 1 aliphatic rings. The summed E-state index contributed by atoms with van der Waals surface area (Å²) < 4.78 is 1.88. The number of carbonyl (C=O) groups is 1. The van der Waals surface area contributed by atoms with Gasteiger partial charge in [0.15, 0.2) is 5.82 Å². The molecule has 1 saturated carbocycles. The zero-order valence-corrected chi connectivity index (χ0v) is 14.1. The van der Waals surface area contributed by atoms with E-state index in [0.29, 0.717) is 19.0 Å². The second kappa shape index (κ2) is 7.01. The molecule has 1 N–H and O–H groups in total. The Morgan fingerprint density at radius 3 is 2.80 bits per heavy atom. The van der Waals surface area contributed by atoms with Crippen LogP contribution in [-0.2, 0) is 17.8 Å². The molecule has 1 amide bonds. The summed E-state index contributed by atoms with van der Waals surface area (Å²) in [5, 5.41) is 17.2. The predicted molar refractivity (Wildman–Crippen MR) is 94.8 cm³/mol. The fraction of sp³-hybridized carbons (Fsp3) is 0.368. The van der Waals surface area contributed by atoms with Crippen molar-refractivity contribution in [1.29, 1.82) is 0 Å². The van der Waals surface area contributed by atoms with Crippen molar-refractivity contribution in [1.82, 2.24) is 25.5 Å². The average Bonchev–Trinajstić information content (AvgIpc) is 3.31. The van der Waals surface area contributed by atoms with Crippen LogP contribution >= 0.6 is 0 Å². The molecule has 3 aromatic rings. The summed E-state index contributed by atoms with van der Waals surface area (Å²) in [6.07, 6.45) is 5.02. The maximum absolute atomic E-state index is 12.4. The zero-order valence-electron chi connectivity index (χ0n) is 14.1. The monoisotopic (exact) mass is 335 g/mol. The molecule has 6 heteroatoms. The highest BCUT2D eigenvalue weighted by atomic mass is 16.1. The van der Waals surface area contributed by atoms with Gasteiger partial charge in [0, 0.05) is 0 Å². The van der Waals surface area contributed by atoms with E-state index in [1.54, 1.807) is 0 Å². The predicted octanol–water partition coefficient (Wildman–Crippen LogP) is 2.80. The van der Waals surface area contributed by atoms with Gasteiger partial charge in [-0.3, -0.25) is 4.79 Å². The molecule has 0 aliphatic heterocycles. The molecule has 0 radical (unpaired) electrons. The van der Waals surface area contributed by atoms with Gasteiger partial charge in [-0.1, -0.05) is 55.3 Å². The van der Waals surface area contributed by atoms with Crippen molar-refractivity contribution in [3.8, 4) is 0 Å². The van der Waals surface area contributed by atoms with E-state index in [2.05, 4.69) is 39.0 Å². The molecule has 0 unspecified atom stereocenters. The second-order valence-corrected chi connectivity index (χ2v) is 6.57. The molecule has 1 fully saturated rings. The number of amides is 1. The number of hydrogen-bond acceptors (Lipinski definition) is 4. The number of aromatic nitrogens is 4. The first-order chi connectivity index (χ1) is 12.3. The molecule has 128 valence electrons. The minimum atomic E-state index is -0.0164. The molecule has 2 aromatic carbocycles. The number of benzene rings is 2. The highest BCUT2D eigenvalue weighted by Crippen LogP contribution is 2.29. The Hall–Kier alpha value is -2.76. The first kappa shape index (κ1) is 15.7. The van der Waals surface area contributed by atoms with E-state index in [-0.39, 0.29) is 5.91 Å². The quantitative estimate of drug-likeness (QED) is 0.778. The molecule has 0 saturated heterocycles. The van der Waals surface area contributed by atoms with Gasteiger partial charge in [-0.2, -0.15) is 0 Å². The van der Waals surface area contributed by atoms with Crippen molar-refractivity contribution in [2.24, 2.45) is 0 Å². The highest BCUT2D eigenvalue weighted by molar-refractivity contribution is 5.90. The Labute approximate surface area is 146 Å². The molecule has 6 nitrogen and oxygen atoms in total. The van der Waals surface area contributed by atoms with Gasteiger partial charge in [-0.05, 0) is 39.6 Å². The van der Waals surface area contributed by atoms with Crippen LogP contribution in [0.4, 0.5) is 0 Å². The van der Waals surface area contributed by atoms with E-state index in [9.17, 15) is 4.79 Å². The van der Waals surface area contributed by atoms with E-state index in [1.165, 1.54) is 12.8 Å². The van der Waals surface area contributed by atoms with Crippen molar-refractivity contribution in [3.63, 3.8) is 0 Å². The molecule has 1 heterocycles. The van der Waals surface area contributed by atoms with E-state index in [0.717, 1.165) is 35.0 Å². The lowest BCUT2D eigenvalue weighted by atomic mass is 10.0. The summed E-state index contributed by atoms with van der Waals surface area (Å²) in [7, 11) is 0. The number of hydrogen-bond donors (Lipinski definition) is 1. The number of rotatable bonds is 5. The van der Waals surface area contributed by atoms with Crippen LogP contribution in [-0.4, -0.2) is 26.1 Å². The largest absolute Gasteiger partial charge is 0.348 e. The standard InChI is InChI=1S/C19H21N5O/c25-19(12-15-8-5-7-14-6-1-4-11-17(14)15)20-13-18-21-22-23-24(18)16-9-2-3-10-16/h1,4-8,11,16H,2-3,9-10,12-13H2,(H,20,25). The Bertz CT molecular complexity index is 877. The molecule has 1 aromatic heterocycles. The first-order valence-electron chi connectivity index (χ1n) is 8.81. The maximum Gasteiger partial charge on any atom is 0.224 e. The molecular weight excluding hydrogens is 314 g/mol. The smallest absolute Gasteiger partial charge is 0.224 e. The average molecular weight is 335 g/mol. The third kappa shape index (κ3) is 3.38. The third-order valence-electron chi connectivity index (χ3n) is 4.91. The maximum atomic E-state index is 12.4. The Balaban J connectivity index is 1.42. The van der Waals surface area contributed by atoms with Crippen LogP contribution in [0.5, 0.6) is 0 Å². The molecule has 4 rings (SSSR count). The minimum Gasteiger partial charge on any atom is -0.348 e. The van der Waals surface area contributed by atoms with Gasteiger partial charge in [-0.15, -0.1) is 5.10 Å². The van der Waals surface area contributed by atoms with Crippen molar-refractivity contribution in [2.75, 3.05) is 0 Å². The van der Waals surface area contributed by atoms with Gasteiger partial charge < -0.3 is 5.32 Å².